The molecule has 1 atom stereocenters. The first-order chi connectivity index (χ1) is 12.0. The van der Waals surface area contributed by atoms with Crippen molar-refractivity contribution in [1.29, 1.82) is 0 Å². The molecule has 1 aliphatic heterocycles. The van der Waals surface area contributed by atoms with Crippen LogP contribution in [0.4, 0.5) is 0 Å². The van der Waals surface area contributed by atoms with Crippen LogP contribution in [0.25, 0.3) is 0 Å². The highest BCUT2D eigenvalue weighted by Crippen LogP contribution is 2.22. The number of carbonyl (C=O) groups is 2. The van der Waals surface area contributed by atoms with E-state index < -0.39 is 5.97 Å². The van der Waals surface area contributed by atoms with Gasteiger partial charge in [0, 0.05) is 18.0 Å². The zero-order valence-electron chi connectivity index (χ0n) is 13.5. The van der Waals surface area contributed by atoms with E-state index in [-0.39, 0.29) is 24.0 Å². The first kappa shape index (κ1) is 17.3. The highest BCUT2D eigenvalue weighted by atomic mass is 35.5. The van der Waals surface area contributed by atoms with E-state index in [0.29, 0.717) is 23.9 Å². The van der Waals surface area contributed by atoms with Crippen LogP contribution in [0.1, 0.15) is 22.3 Å². The normalized spacial score (nSPS) is 16.7. The van der Waals surface area contributed by atoms with Gasteiger partial charge in [0.15, 0.2) is 0 Å². The standard InChI is InChI=1S/C19H18ClNO4/c20-15-2-1-3-16(11-15)25-17-8-9-21(12-17)18(22)10-13-4-6-14(7-5-13)19(23)24/h1-7,11,17H,8-10,12H2,(H,23,24). The first-order valence-corrected chi connectivity index (χ1v) is 8.41. The fourth-order valence-electron chi connectivity index (χ4n) is 2.84. The largest absolute Gasteiger partial charge is 0.488 e. The Labute approximate surface area is 150 Å². The quantitative estimate of drug-likeness (QED) is 0.889. The molecule has 1 unspecified atom stereocenters. The fourth-order valence-corrected chi connectivity index (χ4v) is 3.02. The molecule has 1 heterocycles. The Morgan fingerprint density at radius 3 is 2.64 bits per heavy atom. The molecule has 0 bridgehead atoms. The lowest BCUT2D eigenvalue weighted by atomic mass is 10.1. The average Bonchev–Trinajstić information content (AvgIpc) is 3.04. The molecular weight excluding hydrogens is 342 g/mol. The number of ether oxygens (including phenoxy) is 1. The minimum absolute atomic E-state index is 0.0141. The molecule has 0 aromatic heterocycles. The van der Waals surface area contributed by atoms with Crippen LogP contribution >= 0.6 is 11.6 Å². The number of rotatable bonds is 5. The van der Waals surface area contributed by atoms with Crippen molar-refractivity contribution in [2.24, 2.45) is 0 Å². The summed E-state index contributed by atoms with van der Waals surface area (Å²) in [6.45, 7) is 1.19. The SMILES string of the molecule is O=C(O)c1ccc(CC(=O)N2CCC(Oc3cccc(Cl)c3)C2)cc1. The van der Waals surface area contributed by atoms with Crippen molar-refractivity contribution < 1.29 is 19.4 Å². The third-order valence-corrected chi connectivity index (χ3v) is 4.39. The summed E-state index contributed by atoms with van der Waals surface area (Å²) < 4.78 is 5.89. The van der Waals surface area contributed by atoms with Crippen molar-refractivity contribution in [3.8, 4) is 5.75 Å². The van der Waals surface area contributed by atoms with Gasteiger partial charge in [0.2, 0.25) is 5.91 Å². The summed E-state index contributed by atoms with van der Waals surface area (Å²) in [4.78, 5) is 25.1. The Morgan fingerprint density at radius 2 is 1.96 bits per heavy atom. The second-order valence-electron chi connectivity index (χ2n) is 6.00. The summed E-state index contributed by atoms with van der Waals surface area (Å²) >= 11 is 5.95. The van der Waals surface area contributed by atoms with E-state index in [0.717, 1.165) is 12.0 Å². The van der Waals surface area contributed by atoms with Crippen LogP contribution in [0.5, 0.6) is 5.75 Å². The van der Waals surface area contributed by atoms with Crippen LogP contribution < -0.4 is 4.74 Å². The molecule has 0 aliphatic carbocycles. The minimum Gasteiger partial charge on any atom is -0.488 e. The van der Waals surface area contributed by atoms with Gasteiger partial charge < -0.3 is 14.7 Å². The molecule has 25 heavy (non-hydrogen) atoms. The van der Waals surface area contributed by atoms with Crippen LogP contribution in [0.3, 0.4) is 0 Å². The number of likely N-dealkylation sites (tertiary alicyclic amines) is 1. The van der Waals surface area contributed by atoms with Gasteiger partial charge in [0.1, 0.15) is 11.9 Å². The van der Waals surface area contributed by atoms with Crippen molar-refractivity contribution in [3.63, 3.8) is 0 Å². The summed E-state index contributed by atoms with van der Waals surface area (Å²) in [7, 11) is 0. The Hall–Kier alpha value is -2.53. The van der Waals surface area contributed by atoms with E-state index in [2.05, 4.69) is 0 Å². The topological polar surface area (TPSA) is 66.8 Å². The highest BCUT2D eigenvalue weighted by Gasteiger charge is 2.27. The summed E-state index contributed by atoms with van der Waals surface area (Å²) in [5, 5.41) is 9.52. The van der Waals surface area contributed by atoms with Crippen LogP contribution in [0.2, 0.25) is 5.02 Å². The third kappa shape index (κ3) is 4.51. The van der Waals surface area contributed by atoms with Crippen LogP contribution in [-0.2, 0) is 11.2 Å². The van der Waals surface area contributed by atoms with Crippen molar-refractivity contribution in [3.05, 3.63) is 64.7 Å². The highest BCUT2D eigenvalue weighted by molar-refractivity contribution is 6.30. The minimum atomic E-state index is -0.974. The van der Waals surface area contributed by atoms with Crippen LogP contribution in [-0.4, -0.2) is 41.1 Å². The second kappa shape index (κ2) is 7.57. The molecule has 2 aromatic carbocycles. The molecule has 0 spiro atoms. The molecule has 1 fully saturated rings. The summed E-state index contributed by atoms with van der Waals surface area (Å²) in [6.07, 6.45) is 0.983. The van der Waals surface area contributed by atoms with Gasteiger partial charge in [0.25, 0.3) is 0 Å². The van der Waals surface area contributed by atoms with Gasteiger partial charge in [-0.1, -0.05) is 29.8 Å². The third-order valence-electron chi connectivity index (χ3n) is 4.15. The number of carboxylic acid groups (broad SMARTS) is 1. The number of nitrogens with zero attached hydrogens (tertiary/aromatic N) is 1. The number of carboxylic acids is 1. The van der Waals surface area contributed by atoms with E-state index in [4.69, 9.17) is 21.4 Å². The van der Waals surface area contributed by atoms with Gasteiger partial charge in [-0.25, -0.2) is 4.79 Å². The number of halogens is 1. The van der Waals surface area contributed by atoms with Crippen molar-refractivity contribution >= 4 is 23.5 Å². The number of hydrogen-bond acceptors (Lipinski definition) is 3. The number of amides is 1. The monoisotopic (exact) mass is 359 g/mol. The molecule has 1 aliphatic rings. The Morgan fingerprint density at radius 1 is 1.20 bits per heavy atom. The summed E-state index contributed by atoms with van der Waals surface area (Å²) in [5.74, 6) is -0.255. The van der Waals surface area contributed by atoms with Gasteiger partial charge in [-0.2, -0.15) is 0 Å². The van der Waals surface area contributed by atoms with E-state index in [9.17, 15) is 9.59 Å². The lowest BCUT2D eigenvalue weighted by Crippen LogP contribution is -2.32. The molecule has 0 radical (unpaired) electrons. The summed E-state index contributed by atoms with van der Waals surface area (Å²) in [6, 6.07) is 13.6. The van der Waals surface area contributed by atoms with Gasteiger partial charge >= 0.3 is 5.97 Å². The lowest BCUT2D eigenvalue weighted by molar-refractivity contribution is -0.129. The Kier molecular flexibility index (Phi) is 5.24. The number of aromatic carboxylic acids is 1. The molecular formula is C19H18ClNO4. The second-order valence-corrected chi connectivity index (χ2v) is 6.44. The Balaban J connectivity index is 1.54. The first-order valence-electron chi connectivity index (χ1n) is 8.03. The van der Waals surface area contributed by atoms with Gasteiger partial charge in [-0.15, -0.1) is 0 Å². The van der Waals surface area contributed by atoms with E-state index >= 15 is 0 Å². The molecule has 2 aromatic rings. The van der Waals surface area contributed by atoms with Crippen molar-refractivity contribution in [2.45, 2.75) is 18.9 Å². The average molecular weight is 360 g/mol. The maximum Gasteiger partial charge on any atom is 0.335 e. The number of hydrogen-bond donors (Lipinski definition) is 1. The molecule has 130 valence electrons. The van der Waals surface area contributed by atoms with Crippen molar-refractivity contribution in [1.82, 2.24) is 4.90 Å². The smallest absolute Gasteiger partial charge is 0.335 e. The molecule has 1 saturated heterocycles. The molecule has 0 saturated carbocycles. The van der Waals surface area contributed by atoms with E-state index in [1.54, 1.807) is 29.2 Å². The van der Waals surface area contributed by atoms with Crippen LogP contribution in [0.15, 0.2) is 48.5 Å². The maximum absolute atomic E-state index is 12.4. The zero-order chi connectivity index (χ0) is 17.8. The fraction of sp³-hybridized carbons (Fsp3) is 0.263. The molecule has 5 nitrogen and oxygen atoms in total. The molecule has 1 N–H and O–H groups in total. The van der Waals surface area contributed by atoms with Crippen LogP contribution in [0, 0.1) is 0 Å². The number of benzene rings is 2. The molecule has 3 rings (SSSR count). The predicted molar refractivity (Wildman–Crippen MR) is 94.2 cm³/mol. The number of carbonyl (C=O) groups excluding carboxylic acids is 1. The van der Waals surface area contributed by atoms with E-state index in [1.807, 2.05) is 12.1 Å². The Bertz CT molecular complexity index is 775. The molecule has 1 amide bonds. The van der Waals surface area contributed by atoms with E-state index in [1.165, 1.54) is 12.1 Å². The van der Waals surface area contributed by atoms with Crippen molar-refractivity contribution in [2.75, 3.05) is 13.1 Å². The zero-order valence-corrected chi connectivity index (χ0v) is 14.3. The van der Waals surface area contributed by atoms with Gasteiger partial charge in [0.05, 0.1) is 18.5 Å². The summed E-state index contributed by atoms with van der Waals surface area (Å²) in [5.41, 5.74) is 1.02. The lowest BCUT2D eigenvalue weighted by Gasteiger charge is -2.17. The van der Waals surface area contributed by atoms with Gasteiger partial charge in [-0.3, -0.25) is 4.79 Å². The predicted octanol–water partition coefficient (Wildman–Crippen LogP) is 3.26. The maximum atomic E-state index is 12.4. The van der Waals surface area contributed by atoms with Gasteiger partial charge in [-0.05, 0) is 35.9 Å². The molecule has 6 heteroatoms.